The summed E-state index contributed by atoms with van der Waals surface area (Å²) in [4.78, 5) is 0. The maximum absolute atomic E-state index is 5.97. The number of nitrogens with two attached hydrogens (primary N) is 2. The van der Waals surface area contributed by atoms with E-state index in [0.717, 1.165) is 24.0 Å². The molecule has 3 nitrogen and oxygen atoms in total. The Morgan fingerprint density at radius 3 is 2.20 bits per heavy atom. The minimum Gasteiger partial charge on any atom is -0.487 e. The van der Waals surface area contributed by atoms with E-state index in [1.165, 1.54) is 0 Å². The summed E-state index contributed by atoms with van der Waals surface area (Å²) in [7, 11) is 0. The molecule has 0 heterocycles. The summed E-state index contributed by atoms with van der Waals surface area (Å²) in [5.74, 6) is 0.906. The largest absolute Gasteiger partial charge is 0.487 e. The molecule has 0 aromatic heterocycles. The van der Waals surface area contributed by atoms with E-state index in [-0.39, 0.29) is 6.04 Å². The summed E-state index contributed by atoms with van der Waals surface area (Å²) in [6.07, 6.45) is 0. The third-order valence-corrected chi connectivity index (χ3v) is 4.53. The third-order valence-electron chi connectivity index (χ3n) is 2.93. The van der Waals surface area contributed by atoms with Gasteiger partial charge in [0.05, 0.1) is 7.14 Å². The molecule has 0 radical (unpaired) electrons. The molecule has 2 aromatic rings. The highest BCUT2D eigenvalue weighted by Gasteiger charge is 2.12. The Labute approximate surface area is 146 Å². The van der Waals surface area contributed by atoms with Crippen molar-refractivity contribution in [1.82, 2.24) is 0 Å². The van der Waals surface area contributed by atoms with Gasteiger partial charge in [-0.3, -0.25) is 0 Å². The first kappa shape index (κ1) is 16.0. The highest BCUT2D eigenvalue weighted by molar-refractivity contribution is 14.1. The van der Waals surface area contributed by atoms with Crippen LogP contribution in [-0.4, -0.2) is 6.54 Å². The van der Waals surface area contributed by atoms with Crippen LogP contribution in [0.3, 0.4) is 0 Å². The van der Waals surface area contributed by atoms with Crippen LogP contribution in [0.1, 0.15) is 17.2 Å². The van der Waals surface area contributed by atoms with E-state index in [0.29, 0.717) is 13.2 Å². The molecule has 4 N–H and O–H groups in total. The Morgan fingerprint density at radius 1 is 1.05 bits per heavy atom. The van der Waals surface area contributed by atoms with Gasteiger partial charge in [-0.15, -0.1) is 0 Å². The number of hydrogen-bond acceptors (Lipinski definition) is 3. The van der Waals surface area contributed by atoms with Crippen molar-refractivity contribution in [3.8, 4) is 5.75 Å². The Bertz CT molecular complexity index is 552. The average Bonchev–Trinajstić information content (AvgIpc) is 2.46. The van der Waals surface area contributed by atoms with Crippen molar-refractivity contribution in [1.29, 1.82) is 0 Å². The molecule has 0 saturated heterocycles. The summed E-state index contributed by atoms with van der Waals surface area (Å²) in [6, 6.07) is 14.1. The molecule has 5 heteroatoms. The molecule has 2 rings (SSSR count). The van der Waals surface area contributed by atoms with Crippen molar-refractivity contribution < 1.29 is 4.74 Å². The van der Waals surface area contributed by atoms with Crippen LogP contribution < -0.4 is 16.2 Å². The van der Waals surface area contributed by atoms with Crippen molar-refractivity contribution >= 4 is 45.2 Å². The Kier molecular flexibility index (Phi) is 6.06. The maximum Gasteiger partial charge on any atom is 0.146 e. The van der Waals surface area contributed by atoms with E-state index in [1.807, 2.05) is 30.3 Å². The van der Waals surface area contributed by atoms with Gasteiger partial charge in [-0.05, 0) is 68.4 Å². The predicted octanol–water partition coefficient (Wildman–Crippen LogP) is 3.43. The molecule has 0 fully saturated rings. The second-order valence-electron chi connectivity index (χ2n) is 4.43. The lowest BCUT2D eigenvalue weighted by Gasteiger charge is -2.15. The van der Waals surface area contributed by atoms with Crippen molar-refractivity contribution in [2.24, 2.45) is 11.5 Å². The minimum atomic E-state index is -0.125. The SMILES string of the molecule is NCC(N)c1cc(I)c(OCc2ccccc2)c(I)c1. The zero-order valence-corrected chi connectivity index (χ0v) is 15.2. The molecule has 0 aliphatic carbocycles. The number of ether oxygens (including phenoxy) is 1. The van der Waals surface area contributed by atoms with Crippen LogP contribution in [0.4, 0.5) is 0 Å². The van der Waals surface area contributed by atoms with Crippen LogP contribution >= 0.6 is 45.2 Å². The highest BCUT2D eigenvalue weighted by Crippen LogP contribution is 2.31. The smallest absolute Gasteiger partial charge is 0.146 e. The fourth-order valence-electron chi connectivity index (χ4n) is 1.80. The fraction of sp³-hybridized carbons (Fsp3) is 0.200. The average molecular weight is 494 g/mol. The lowest BCUT2D eigenvalue weighted by molar-refractivity contribution is 0.301. The summed E-state index contributed by atoms with van der Waals surface area (Å²) < 4.78 is 8.05. The first-order valence-corrected chi connectivity index (χ1v) is 8.39. The van der Waals surface area contributed by atoms with Crippen molar-refractivity contribution in [3.63, 3.8) is 0 Å². The normalized spacial score (nSPS) is 12.2. The van der Waals surface area contributed by atoms with E-state index in [1.54, 1.807) is 0 Å². The molecule has 0 bridgehead atoms. The molecule has 0 saturated carbocycles. The van der Waals surface area contributed by atoms with Gasteiger partial charge in [0.15, 0.2) is 0 Å². The Hall–Kier alpha value is -0.380. The highest BCUT2D eigenvalue weighted by atomic mass is 127. The third kappa shape index (κ3) is 4.06. The molecule has 0 aliphatic rings. The van der Waals surface area contributed by atoms with Gasteiger partial charge in [0, 0.05) is 12.6 Å². The molecule has 1 atom stereocenters. The lowest BCUT2D eigenvalue weighted by atomic mass is 10.1. The number of halogens is 2. The predicted molar refractivity (Wildman–Crippen MR) is 98.6 cm³/mol. The van der Waals surface area contributed by atoms with E-state index in [9.17, 15) is 0 Å². The summed E-state index contributed by atoms with van der Waals surface area (Å²) >= 11 is 4.56. The number of benzene rings is 2. The standard InChI is InChI=1S/C15H16I2N2O/c16-12-6-11(14(19)8-18)7-13(17)15(12)20-9-10-4-2-1-3-5-10/h1-7,14H,8-9,18-19H2. The maximum atomic E-state index is 5.97. The van der Waals surface area contributed by atoms with Gasteiger partial charge in [-0.1, -0.05) is 30.3 Å². The van der Waals surface area contributed by atoms with Crippen molar-refractivity contribution in [3.05, 3.63) is 60.7 Å². The van der Waals surface area contributed by atoms with Gasteiger partial charge >= 0.3 is 0 Å². The lowest BCUT2D eigenvalue weighted by Crippen LogP contribution is -2.21. The topological polar surface area (TPSA) is 61.3 Å². The molecule has 2 aromatic carbocycles. The number of rotatable bonds is 5. The van der Waals surface area contributed by atoms with Gasteiger partial charge in [0.1, 0.15) is 12.4 Å². The molecule has 20 heavy (non-hydrogen) atoms. The first-order valence-electron chi connectivity index (χ1n) is 6.23. The van der Waals surface area contributed by atoms with E-state index in [2.05, 4.69) is 57.3 Å². The van der Waals surface area contributed by atoms with Gasteiger partial charge in [0.2, 0.25) is 0 Å². The molecular formula is C15H16I2N2O. The summed E-state index contributed by atoms with van der Waals surface area (Å²) in [6.45, 7) is 1.01. The molecule has 0 spiro atoms. The van der Waals surface area contributed by atoms with Crippen LogP contribution in [-0.2, 0) is 6.61 Å². The zero-order chi connectivity index (χ0) is 14.5. The van der Waals surface area contributed by atoms with Crippen LogP contribution in [0.5, 0.6) is 5.75 Å². The minimum absolute atomic E-state index is 0.125. The summed E-state index contributed by atoms with van der Waals surface area (Å²) in [5, 5.41) is 0. The van der Waals surface area contributed by atoms with Gasteiger partial charge in [-0.25, -0.2) is 0 Å². The second-order valence-corrected chi connectivity index (χ2v) is 6.75. The Balaban J connectivity index is 2.16. The van der Waals surface area contributed by atoms with E-state index >= 15 is 0 Å². The fourth-order valence-corrected chi connectivity index (χ4v) is 3.92. The number of hydrogen-bond donors (Lipinski definition) is 2. The van der Waals surface area contributed by atoms with E-state index in [4.69, 9.17) is 16.2 Å². The molecule has 0 aliphatic heterocycles. The van der Waals surface area contributed by atoms with Crippen molar-refractivity contribution in [2.45, 2.75) is 12.6 Å². The van der Waals surface area contributed by atoms with Crippen molar-refractivity contribution in [2.75, 3.05) is 6.54 Å². The quantitative estimate of drug-likeness (QED) is 0.627. The monoisotopic (exact) mass is 494 g/mol. The second kappa shape index (κ2) is 7.58. The molecular weight excluding hydrogens is 478 g/mol. The Morgan fingerprint density at radius 2 is 1.65 bits per heavy atom. The van der Waals surface area contributed by atoms with Crippen LogP contribution in [0.2, 0.25) is 0 Å². The van der Waals surface area contributed by atoms with E-state index < -0.39 is 0 Å². The summed E-state index contributed by atoms with van der Waals surface area (Å²) in [5.41, 5.74) is 13.8. The van der Waals surface area contributed by atoms with Crippen LogP contribution in [0, 0.1) is 7.14 Å². The van der Waals surface area contributed by atoms with Gasteiger partial charge < -0.3 is 16.2 Å². The van der Waals surface area contributed by atoms with Crippen LogP contribution in [0.15, 0.2) is 42.5 Å². The van der Waals surface area contributed by atoms with Gasteiger partial charge in [-0.2, -0.15) is 0 Å². The van der Waals surface area contributed by atoms with Crippen LogP contribution in [0.25, 0.3) is 0 Å². The zero-order valence-electron chi connectivity index (χ0n) is 10.9. The molecule has 1 unspecified atom stereocenters. The molecule has 0 amide bonds. The first-order chi connectivity index (χ1) is 9.61. The van der Waals surface area contributed by atoms with Gasteiger partial charge in [0.25, 0.3) is 0 Å². The molecule has 106 valence electrons.